The zero-order chi connectivity index (χ0) is 12.6. The molecule has 2 aliphatic rings. The van der Waals surface area contributed by atoms with Crippen molar-refractivity contribution in [3.63, 3.8) is 0 Å². The maximum Gasteiger partial charge on any atom is 0.125 e. The highest BCUT2D eigenvalue weighted by atomic mass is 32.2. The second-order valence-electron chi connectivity index (χ2n) is 5.81. The Morgan fingerprint density at radius 3 is 3.00 bits per heavy atom. The number of ether oxygens (including phenoxy) is 1. The molecular formula is C15H21NOS. The maximum atomic E-state index is 6.05. The fraction of sp³-hybridized carbons (Fsp3) is 0.600. The molecule has 2 aliphatic heterocycles. The van der Waals surface area contributed by atoms with Gasteiger partial charge in [-0.15, -0.1) is 0 Å². The average molecular weight is 263 g/mol. The van der Waals surface area contributed by atoms with E-state index in [1.54, 1.807) is 0 Å². The lowest BCUT2D eigenvalue weighted by molar-refractivity contribution is 0.0950. The molecule has 1 aromatic carbocycles. The predicted molar refractivity (Wildman–Crippen MR) is 77.3 cm³/mol. The van der Waals surface area contributed by atoms with Gasteiger partial charge in [0.05, 0.1) is 6.04 Å². The highest BCUT2D eigenvalue weighted by Gasteiger charge is 2.40. The van der Waals surface area contributed by atoms with Crippen LogP contribution >= 0.6 is 11.8 Å². The summed E-state index contributed by atoms with van der Waals surface area (Å²) in [6.07, 6.45) is 1.35. The highest BCUT2D eigenvalue weighted by Crippen LogP contribution is 2.42. The van der Waals surface area contributed by atoms with Gasteiger partial charge in [-0.1, -0.05) is 18.2 Å². The molecule has 98 valence electrons. The summed E-state index contributed by atoms with van der Waals surface area (Å²) in [5.41, 5.74) is 1.17. The summed E-state index contributed by atoms with van der Waals surface area (Å²) in [7, 11) is 0. The van der Waals surface area contributed by atoms with Gasteiger partial charge in [0, 0.05) is 5.56 Å². The fourth-order valence-corrected chi connectivity index (χ4v) is 4.20. The quantitative estimate of drug-likeness (QED) is 0.904. The largest absolute Gasteiger partial charge is 0.486 e. The molecule has 3 heteroatoms. The Bertz CT molecular complexity index is 426. The van der Waals surface area contributed by atoms with Crippen LogP contribution in [0.5, 0.6) is 5.75 Å². The SMILES string of the molecule is CC1(C)Oc2ccccc2C1NCC1CCSC1. The van der Waals surface area contributed by atoms with E-state index < -0.39 is 0 Å². The summed E-state index contributed by atoms with van der Waals surface area (Å²) in [5, 5.41) is 3.73. The average Bonchev–Trinajstić information content (AvgIpc) is 2.91. The van der Waals surface area contributed by atoms with Gasteiger partial charge in [-0.05, 0) is 50.3 Å². The first kappa shape index (κ1) is 12.4. The van der Waals surface area contributed by atoms with Gasteiger partial charge in [-0.2, -0.15) is 11.8 Å². The van der Waals surface area contributed by atoms with Crippen molar-refractivity contribution in [2.45, 2.75) is 31.9 Å². The van der Waals surface area contributed by atoms with E-state index in [-0.39, 0.29) is 5.60 Å². The number of fused-ring (bicyclic) bond motifs is 1. The molecule has 0 spiro atoms. The Morgan fingerprint density at radius 2 is 2.22 bits per heavy atom. The molecule has 1 fully saturated rings. The standard InChI is InChI=1S/C15H21NOS/c1-15(2)14(16-9-11-7-8-18-10-11)12-5-3-4-6-13(12)17-15/h3-6,11,14,16H,7-10H2,1-2H3. The minimum Gasteiger partial charge on any atom is -0.486 e. The van der Waals surface area contributed by atoms with Gasteiger partial charge in [-0.3, -0.25) is 0 Å². The Kier molecular flexibility index (Phi) is 3.29. The second-order valence-corrected chi connectivity index (χ2v) is 6.96. The summed E-state index contributed by atoms with van der Waals surface area (Å²) in [4.78, 5) is 0. The number of benzene rings is 1. The molecular weight excluding hydrogens is 242 g/mol. The Morgan fingerprint density at radius 1 is 1.39 bits per heavy atom. The smallest absolute Gasteiger partial charge is 0.125 e. The molecule has 0 bridgehead atoms. The van der Waals surface area contributed by atoms with Crippen molar-refractivity contribution >= 4 is 11.8 Å². The highest BCUT2D eigenvalue weighted by molar-refractivity contribution is 7.99. The molecule has 0 radical (unpaired) electrons. The monoisotopic (exact) mass is 263 g/mol. The molecule has 1 N–H and O–H groups in total. The topological polar surface area (TPSA) is 21.3 Å². The molecule has 0 saturated carbocycles. The molecule has 3 rings (SSSR count). The number of rotatable bonds is 3. The molecule has 2 heterocycles. The molecule has 18 heavy (non-hydrogen) atoms. The van der Waals surface area contributed by atoms with Gasteiger partial charge in [0.1, 0.15) is 11.4 Å². The summed E-state index contributed by atoms with van der Waals surface area (Å²) in [6, 6.07) is 8.73. The van der Waals surface area contributed by atoms with Gasteiger partial charge in [0.2, 0.25) is 0 Å². The third-order valence-corrected chi connectivity index (χ3v) is 5.16. The van der Waals surface area contributed by atoms with Crippen LogP contribution in [-0.2, 0) is 0 Å². The van der Waals surface area contributed by atoms with E-state index in [1.807, 2.05) is 6.07 Å². The molecule has 2 nitrogen and oxygen atoms in total. The van der Waals surface area contributed by atoms with Crippen LogP contribution in [0.1, 0.15) is 31.9 Å². The van der Waals surface area contributed by atoms with E-state index in [4.69, 9.17) is 4.74 Å². The van der Waals surface area contributed by atoms with Crippen molar-refractivity contribution in [2.24, 2.45) is 5.92 Å². The predicted octanol–water partition coefficient (Wildman–Crippen LogP) is 3.24. The zero-order valence-corrected chi connectivity index (χ0v) is 11.9. The number of thioether (sulfide) groups is 1. The number of hydrogen-bond donors (Lipinski definition) is 1. The Labute approximate surface area is 113 Å². The van der Waals surface area contributed by atoms with Crippen LogP contribution in [0.2, 0.25) is 0 Å². The second kappa shape index (κ2) is 4.78. The summed E-state index contributed by atoms with van der Waals surface area (Å²) in [6.45, 7) is 5.46. The van der Waals surface area contributed by atoms with Gasteiger partial charge >= 0.3 is 0 Å². The summed E-state index contributed by atoms with van der Waals surface area (Å²) >= 11 is 2.08. The van der Waals surface area contributed by atoms with Crippen LogP contribution in [0.25, 0.3) is 0 Å². The van der Waals surface area contributed by atoms with Crippen molar-refractivity contribution in [3.8, 4) is 5.75 Å². The first-order valence-corrected chi connectivity index (χ1v) is 7.91. The minimum absolute atomic E-state index is 0.143. The van der Waals surface area contributed by atoms with Crippen molar-refractivity contribution in [1.29, 1.82) is 0 Å². The first-order valence-electron chi connectivity index (χ1n) is 6.76. The lowest BCUT2D eigenvalue weighted by Gasteiger charge is -2.28. The van der Waals surface area contributed by atoms with E-state index >= 15 is 0 Å². The molecule has 0 amide bonds. The summed E-state index contributed by atoms with van der Waals surface area (Å²) < 4.78 is 6.05. The van der Waals surface area contributed by atoms with Crippen LogP contribution in [0.15, 0.2) is 24.3 Å². The fourth-order valence-electron chi connectivity index (χ4n) is 2.91. The molecule has 1 aromatic rings. The molecule has 1 saturated heterocycles. The molecule has 2 atom stereocenters. The van der Waals surface area contributed by atoms with E-state index in [0.717, 1.165) is 18.2 Å². The first-order chi connectivity index (χ1) is 8.67. The van der Waals surface area contributed by atoms with E-state index in [0.29, 0.717) is 6.04 Å². The molecule has 2 unspecified atom stereocenters. The number of nitrogens with one attached hydrogen (secondary N) is 1. The van der Waals surface area contributed by atoms with Crippen LogP contribution in [-0.4, -0.2) is 23.7 Å². The van der Waals surface area contributed by atoms with Crippen LogP contribution in [0, 0.1) is 5.92 Å². The van der Waals surface area contributed by atoms with Crippen LogP contribution in [0.4, 0.5) is 0 Å². The molecule has 0 aliphatic carbocycles. The lowest BCUT2D eigenvalue weighted by Crippen LogP contribution is -2.41. The minimum atomic E-state index is -0.143. The van der Waals surface area contributed by atoms with Crippen LogP contribution in [0.3, 0.4) is 0 Å². The Hall–Kier alpha value is -0.670. The Balaban J connectivity index is 1.73. The summed E-state index contributed by atoms with van der Waals surface area (Å²) in [5.74, 6) is 4.51. The van der Waals surface area contributed by atoms with Gasteiger partial charge in [0.25, 0.3) is 0 Å². The van der Waals surface area contributed by atoms with Gasteiger partial charge in [-0.25, -0.2) is 0 Å². The number of hydrogen-bond acceptors (Lipinski definition) is 3. The van der Waals surface area contributed by atoms with E-state index in [2.05, 4.69) is 49.1 Å². The third kappa shape index (κ3) is 2.26. The van der Waals surface area contributed by atoms with Gasteiger partial charge < -0.3 is 10.1 Å². The molecule has 0 aromatic heterocycles. The van der Waals surface area contributed by atoms with Gasteiger partial charge in [0.15, 0.2) is 0 Å². The van der Waals surface area contributed by atoms with E-state index in [9.17, 15) is 0 Å². The lowest BCUT2D eigenvalue weighted by atomic mass is 9.94. The maximum absolute atomic E-state index is 6.05. The normalized spacial score (nSPS) is 29.0. The third-order valence-electron chi connectivity index (χ3n) is 3.93. The van der Waals surface area contributed by atoms with Crippen molar-refractivity contribution in [3.05, 3.63) is 29.8 Å². The van der Waals surface area contributed by atoms with Crippen molar-refractivity contribution in [2.75, 3.05) is 18.1 Å². The van der Waals surface area contributed by atoms with E-state index in [1.165, 1.54) is 23.5 Å². The number of para-hydroxylation sites is 1. The van der Waals surface area contributed by atoms with Crippen molar-refractivity contribution < 1.29 is 4.74 Å². The zero-order valence-electron chi connectivity index (χ0n) is 11.1. The van der Waals surface area contributed by atoms with Crippen LogP contribution < -0.4 is 10.1 Å². The van der Waals surface area contributed by atoms with Crippen molar-refractivity contribution in [1.82, 2.24) is 5.32 Å².